The van der Waals surface area contributed by atoms with E-state index >= 15 is 0 Å². The molecular formula is C15H15ClN2O2. The molecule has 1 atom stereocenters. The first kappa shape index (κ1) is 13.3. The standard InChI is InChI=1S/C15H15ClN2O2/c16-9-11-10-20-8-7-18(11)15(19)13-3-1-5-14-12(13)4-2-6-17-14/h1-6,11H,7-10H2. The number of alkyl halides is 1. The number of carbonyl (C=O) groups excluding carboxylic acids is 1. The predicted octanol–water partition coefficient (Wildman–Crippen LogP) is 2.31. The molecule has 3 rings (SSSR count). The van der Waals surface area contributed by atoms with Gasteiger partial charge in [-0.05, 0) is 18.2 Å². The predicted molar refractivity (Wildman–Crippen MR) is 78.1 cm³/mol. The summed E-state index contributed by atoms with van der Waals surface area (Å²) in [4.78, 5) is 18.9. The number of morpholine rings is 1. The number of pyridine rings is 1. The number of nitrogens with zero attached hydrogens (tertiary/aromatic N) is 2. The topological polar surface area (TPSA) is 42.4 Å². The smallest absolute Gasteiger partial charge is 0.254 e. The third-order valence-corrected chi connectivity index (χ3v) is 3.90. The van der Waals surface area contributed by atoms with Crippen LogP contribution in [0, 0.1) is 0 Å². The number of ether oxygens (including phenoxy) is 1. The maximum absolute atomic E-state index is 12.8. The Bertz CT molecular complexity index is 627. The van der Waals surface area contributed by atoms with E-state index in [0.29, 0.717) is 31.2 Å². The van der Waals surface area contributed by atoms with Crippen molar-refractivity contribution in [3.8, 4) is 0 Å². The minimum Gasteiger partial charge on any atom is -0.377 e. The Morgan fingerprint density at radius 3 is 3.15 bits per heavy atom. The summed E-state index contributed by atoms with van der Waals surface area (Å²) in [6.45, 7) is 1.63. The first-order chi connectivity index (χ1) is 9.81. The molecule has 2 heterocycles. The normalized spacial score (nSPS) is 19.2. The van der Waals surface area contributed by atoms with E-state index in [0.717, 1.165) is 10.9 Å². The fourth-order valence-electron chi connectivity index (χ4n) is 2.49. The largest absolute Gasteiger partial charge is 0.377 e. The fourth-order valence-corrected chi connectivity index (χ4v) is 2.75. The third-order valence-electron chi connectivity index (χ3n) is 3.54. The summed E-state index contributed by atoms with van der Waals surface area (Å²) in [6.07, 6.45) is 1.73. The molecular weight excluding hydrogens is 276 g/mol. The van der Waals surface area contributed by atoms with Gasteiger partial charge in [-0.1, -0.05) is 12.1 Å². The molecule has 20 heavy (non-hydrogen) atoms. The molecule has 2 aromatic rings. The Morgan fingerprint density at radius 1 is 1.40 bits per heavy atom. The summed E-state index contributed by atoms with van der Waals surface area (Å²) in [5, 5.41) is 0.875. The number of fused-ring (bicyclic) bond motifs is 1. The van der Waals surface area contributed by atoms with E-state index in [1.54, 1.807) is 11.1 Å². The molecule has 1 aromatic heterocycles. The van der Waals surface area contributed by atoms with Crippen LogP contribution in [0.1, 0.15) is 10.4 Å². The zero-order valence-electron chi connectivity index (χ0n) is 11.0. The van der Waals surface area contributed by atoms with E-state index < -0.39 is 0 Å². The lowest BCUT2D eigenvalue weighted by Crippen LogP contribution is -2.49. The molecule has 1 saturated heterocycles. The van der Waals surface area contributed by atoms with Crippen molar-refractivity contribution in [2.75, 3.05) is 25.6 Å². The summed E-state index contributed by atoms with van der Waals surface area (Å²) in [7, 11) is 0. The van der Waals surface area contributed by atoms with Gasteiger partial charge in [0.25, 0.3) is 5.91 Å². The number of rotatable bonds is 2. The second-order valence-corrected chi connectivity index (χ2v) is 5.07. The van der Waals surface area contributed by atoms with Gasteiger partial charge in [-0.25, -0.2) is 0 Å². The zero-order chi connectivity index (χ0) is 13.9. The van der Waals surface area contributed by atoms with Crippen molar-refractivity contribution in [2.45, 2.75) is 6.04 Å². The number of hydrogen-bond acceptors (Lipinski definition) is 3. The molecule has 1 amide bonds. The van der Waals surface area contributed by atoms with Crippen molar-refractivity contribution in [1.82, 2.24) is 9.88 Å². The second-order valence-electron chi connectivity index (χ2n) is 4.76. The molecule has 0 bridgehead atoms. The summed E-state index contributed by atoms with van der Waals surface area (Å²) < 4.78 is 5.39. The summed E-state index contributed by atoms with van der Waals surface area (Å²) in [5.41, 5.74) is 1.50. The van der Waals surface area contributed by atoms with Crippen molar-refractivity contribution in [1.29, 1.82) is 0 Å². The number of amides is 1. The summed E-state index contributed by atoms with van der Waals surface area (Å²) in [5.74, 6) is 0.381. The van der Waals surface area contributed by atoms with Crippen molar-refractivity contribution < 1.29 is 9.53 Å². The quantitative estimate of drug-likeness (QED) is 0.797. The lowest BCUT2D eigenvalue weighted by molar-refractivity contribution is 0.00467. The summed E-state index contributed by atoms with van der Waals surface area (Å²) in [6, 6.07) is 9.31. The van der Waals surface area contributed by atoms with Gasteiger partial charge >= 0.3 is 0 Å². The van der Waals surface area contributed by atoms with Gasteiger partial charge < -0.3 is 9.64 Å². The monoisotopic (exact) mass is 290 g/mol. The highest BCUT2D eigenvalue weighted by atomic mass is 35.5. The molecule has 5 heteroatoms. The summed E-state index contributed by atoms with van der Waals surface area (Å²) >= 11 is 5.94. The maximum Gasteiger partial charge on any atom is 0.254 e. The van der Waals surface area contributed by atoms with Crippen LogP contribution < -0.4 is 0 Å². The SMILES string of the molecule is O=C(c1cccc2ncccc12)N1CCOCC1CCl. The van der Waals surface area contributed by atoms with Gasteiger partial charge in [0, 0.05) is 29.6 Å². The Morgan fingerprint density at radius 2 is 2.30 bits per heavy atom. The molecule has 0 radical (unpaired) electrons. The first-order valence-electron chi connectivity index (χ1n) is 6.59. The molecule has 0 spiro atoms. The van der Waals surface area contributed by atoms with Crippen LogP contribution in [0.5, 0.6) is 0 Å². The Kier molecular flexibility index (Phi) is 3.85. The molecule has 1 unspecified atom stereocenters. The van der Waals surface area contributed by atoms with Gasteiger partial charge in [0.05, 0.1) is 24.8 Å². The van der Waals surface area contributed by atoms with Crippen molar-refractivity contribution in [3.05, 3.63) is 42.1 Å². The molecule has 0 saturated carbocycles. The molecule has 1 aromatic carbocycles. The number of benzene rings is 1. The van der Waals surface area contributed by atoms with Crippen LogP contribution in [0.25, 0.3) is 10.9 Å². The van der Waals surface area contributed by atoms with Gasteiger partial charge in [-0.2, -0.15) is 0 Å². The number of carbonyl (C=O) groups is 1. The number of aromatic nitrogens is 1. The van der Waals surface area contributed by atoms with Crippen LogP contribution in [-0.4, -0.2) is 47.5 Å². The van der Waals surface area contributed by atoms with Gasteiger partial charge in [0.1, 0.15) is 0 Å². The van der Waals surface area contributed by atoms with E-state index in [4.69, 9.17) is 16.3 Å². The number of halogens is 1. The van der Waals surface area contributed by atoms with Crippen LogP contribution in [0.4, 0.5) is 0 Å². The highest BCUT2D eigenvalue weighted by molar-refractivity contribution is 6.18. The molecule has 4 nitrogen and oxygen atoms in total. The fraction of sp³-hybridized carbons (Fsp3) is 0.333. The van der Waals surface area contributed by atoms with Crippen LogP contribution in [0.15, 0.2) is 36.5 Å². The van der Waals surface area contributed by atoms with Crippen LogP contribution in [-0.2, 0) is 4.74 Å². The zero-order valence-corrected chi connectivity index (χ0v) is 11.7. The third kappa shape index (κ3) is 2.37. The molecule has 0 aliphatic carbocycles. The van der Waals surface area contributed by atoms with E-state index in [1.807, 2.05) is 30.3 Å². The van der Waals surface area contributed by atoms with Crippen molar-refractivity contribution in [2.24, 2.45) is 0 Å². The van der Waals surface area contributed by atoms with Crippen LogP contribution >= 0.6 is 11.6 Å². The van der Waals surface area contributed by atoms with E-state index in [2.05, 4.69) is 4.98 Å². The molecule has 1 fully saturated rings. The van der Waals surface area contributed by atoms with Crippen molar-refractivity contribution >= 4 is 28.4 Å². The van der Waals surface area contributed by atoms with Gasteiger partial charge in [-0.15, -0.1) is 11.6 Å². The molecule has 1 aliphatic heterocycles. The average molecular weight is 291 g/mol. The Hall–Kier alpha value is -1.65. The lowest BCUT2D eigenvalue weighted by Gasteiger charge is -2.34. The van der Waals surface area contributed by atoms with E-state index in [1.165, 1.54) is 0 Å². The van der Waals surface area contributed by atoms with Gasteiger partial charge in [0.2, 0.25) is 0 Å². The van der Waals surface area contributed by atoms with Gasteiger partial charge in [-0.3, -0.25) is 9.78 Å². The van der Waals surface area contributed by atoms with E-state index in [9.17, 15) is 4.79 Å². The minimum absolute atomic E-state index is 0.00227. The molecule has 1 aliphatic rings. The Balaban J connectivity index is 1.99. The highest BCUT2D eigenvalue weighted by Crippen LogP contribution is 2.20. The number of hydrogen-bond donors (Lipinski definition) is 0. The van der Waals surface area contributed by atoms with Gasteiger partial charge in [0.15, 0.2) is 0 Å². The van der Waals surface area contributed by atoms with Crippen LogP contribution in [0.3, 0.4) is 0 Å². The molecule has 0 N–H and O–H groups in total. The molecule has 104 valence electrons. The second kappa shape index (κ2) is 5.77. The lowest BCUT2D eigenvalue weighted by atomic mass is 10.1. The van der Waals surface area contributed by atoms with Crippen LogP contribution in [0.2, 0.25) is 0 Å². The first-order valence-corrected chi connectivity index (χ1v) is 7.13. The average Bonchev–Trinajstić information content (AvgIpc) is 2.53. The van der Waals surface area contributed by atoms with Crippen molar-refractivity contribution in [3.63, 3.8) is 0 Å². The Labute approximate surface area is 122 Å². The minimum atomic E-state index is -0.0650. The van der Waals surface area contributed by atoms with E-state index in [-0.39, 0.29) is 11.9 Å². The highest BCUT2D eigenvalue weighted by Gasteiger charge is 2.28. The maximum atomic E-state index is 12.8.